The van der Waals surface area contributed by atoms with Gasteiger partial charge in [0.15, 0.2) is 6.29 Å². The highest BCUT2D eigenvalue weighted by Crippen LogP contribution is 2.39. The van der Waals surface area contributed by atoms with E-state index in [0.717, 1.165) is 4.90 Å². The van der Waals surface area contributed by atoms with Crippen LogP contribution in [0, 0.1) is 5.92 Å². The van der Waals surface area contributed by atoms with Crippen LogP contribution in [0.5, 0.6) is 0 Å². The van der Waals surface area contributed by atoms with Crippen molar-refractivity contribution in [3.63, 3.8) is 0 Å². The number of amides is 6. The molecule has 0 aromatic rings. The second kappa shape index (κ2) is 25.9. The standard InChI is InChI=1S/C53H93N7O19/c1-47(2,3)75-42(65)55-21-20-33(61)40(64)57-32-22-31(59-45(68)78-50(10,11)12)34(35(62)38(32)74-41-36(63)39(52(16,70)27-72-41)60(17)46(69)79-51(13,14)15)37-30(58-44(67)77-49(7,8)9)19-18-29(73-37)25-54-26-53(71)23-28(24-53)56-43(66)76-48(4,5)6/h18,28,30-39,41,54,61-63,70-71H,19-27H2,1-17H3,(H,55,65)(H,56,66)(H,57,64)(H,58,67)(H,59,68)/t28?,30-,31+,32-,33+,34-,35+,36-,37?,38+,39-,41-,52+,53?/m1/s1. The quantitative estimate of drug-likeness (QED) is 0.0990. The van der Waals surface area contributed by atoms with E-state index in [-0.39, 0.29) is 57.8 Å². The first-order valence-electron chi connectivity index (χ1n) is 27.0. The summed E-state index contributed by atoms with van der Waals surface area (Å²) in [5.74, 6) is -1.99. The van der Waals surface area contributed by atoms with Crippen LogP contribution in [0.2, 0.25) is 0 Å². The predicted molar refractivity (Wildman–Crippen MR) is 284 cm³/mol. The molecule has 1 unspecified atom stereocenters. The third kappa shape index (κ3) is 21.1. The smallest absolute Gasteiger partial charge is 0.410 e. The number of hydrogen-bond acceptors (Lipinski definition) is 20. The number of likely N-dealkylation sites (N-methyl/N-ethyl adjacent to an activating group) is 1. The van der Waals surface area contributed by atoms with Gasteiger partial charge >= 0.3 is 30.5 Å². The van der Waals surface area contributed by atoms with Crippen LogP contribution in [0.1, 0.15) is 143 Å². The fourth-order valence-electron chi connectivity index (χ4n) is 9.72. The monoisotopic (exact) mass is 1130 g/mol. The fraction of sp³-hybridized carbons (Fsp3) is 0.849. The Kier molecular flexibility index (Phi) is 21.8. The lowest BCUT2D eigenvalue weighted by molar-refractivity contribution is -0.305. The van der Waals surface area contributed by atoms with Crippen LogP contribution >= 0.6 is 0 Å². The second-order valence-corrected chi connectivity index (χ2v) is 26.4. The summed E-state index contributed by atoms with van der Waals surface area (Å²) in [4.78, 5) is 80.7. The number of hydrogen-bond donors (Lipinski definition) is 11. The van der Waals surface area contributed by atoms with Gasteiger partial charge in [-0.2, -0.15) is 0 Å². The number of carbonyl (C=O) groups excluding carboxylic acids is 6. The first-order chi connectivity index (χ1) is 35.9. The Hall–Kier alpha value is -4.96. The van der Waals surface area contributed by atoms with Gasteiger partial charge in [0.05, 0.1) is 43.0 Å². The third-order valence-electron chi connectivity index (χ3n) is 12.8. The van der Waals surface area contributed by atoms with Crippen molar-refractivity contribution in [1.82, 2.24) is 36.8 Å². The molecule has 2 aliphatic heterocycles. The van der Waals surface area contributed by atoms with E-state index in [4.69, 9.17) is 37.9 Å². The Morgan fingerprint density at radius 1 is 0.709 bits per heavy atom. The summed E-state index contributed by atoms with van der Waals surface area (Å²) in [5.41, 5.74) is -7.58. The summed E-state index contributed by atoms with van der Waals surface area (Å²) in [6, 6.07) is -5.35. The second-order valence-electron chi connectivity index (χ2n) is 26.4. The first kappa shape index (κ1) is 66.6. The maximum Gasteiger partial charge on any atom is 0.410 e. The number of aliphatic hydroxyl groups is 5. The van der Waals surface area contributed by atoms with Crippen molar-refractivity contribution < 1.29 is 92.2 Å². The van der Waals surface area contributed by atoms with Crippen LogP contribution in [0.4, 0.5) is 24.0 Å². The van der Waals surface area contributed by atoms with E-state index >= 15 is 0 Å². The van der Waals surface area contributed by atoms with E-state index in [1.807, 2.05) is 0 Å². The fourth-order valence-corrected chi connectivity index (χ4v) is 9.72. The van der Waals surface area contributed by atoms with Gasteiger partial charge in [-0.05, 0) is 149 Å². The molecule has 0 aromatic heterocycles. The molecule has 4 rings (SSSR count). The number of carbonyl (C=O) groups is 6. The number of ether oxygens (including phenoxy) is 8. The van der Waals surface area contributed by atoms with Crippen molar-refractivity contribution in [3.8, 4) is 0 Å². The first-order valence-corrected chi connectivity index (χ1v) is 27.0. The van der Waals surface area contributed by atoms with E-state index in [2.05, 4.69) is 31.9 Å². The van der Waals surface area contributed by atoms with Crippen molar-refractivity contribution in [2.75, 3.05) is 33.3 Å². The van der Waals surface area contributed by atoms with E-state index < -0.39 is 149 Å². The SMILES string of the molecule is CN(C(=O)OC(C)(C)C)[C@@H]1[C@@H](O)[C@@H](O[C@@H]2[C@@H](O)[C@H](C3OC(CNCC4(O)CC(NC(=O)OC(C)(C)C)C4)=CC[C@H]3NC(=O)OC(C)(C)C)[C@@H](NC(=O)OC(C)(C)C)C[C@H]2NC(=O)[C@@H](O)CCNC(=O)OC(C)(C)C)OC[C@]1(C)O. The normalized spacial score (nSPS) is 30.8. The average Bonchev–Trinajstić information content (AvgIpc) is 3.22. The molecule has 0 aromatic carbocycles. The lowest BCUT2D eigenvalue weighted by Gasteiger charge is -2.52. The molecule has 26 nitrogen and oxygen atoms in total. The van der Waals surface area contributed by atoms with E-state index in [1.54, 1.807) is 110 Å². The molecule has 79 heavy (non-hydrogen) atoms. The predicted octanol–water partition coefficient (Wildman–Crippen LogP) is 2.68. The minimum atomic E-state index is -1.90. The molecule has 0 radical (unpaired) electrons. The highest BCUT2D eigenvalue weighted by molar-refractivity contribution is 5.81. The van der Waals surface area contributed by atoms with Crippen LogP contribution < -0.4 is 31.9 Å². The van der Waals surface area contributed by atoms with Gasteiger partial charge in [-0.3, -0.25) is 4.79 Å². The van der Waals surface area contributed by atoms with Crippen molar-refractivity contribution in [3.05, 3.63) is 11.8 Å². The molecule has 1 saturated heterocycles. The maximum absolute atomic E-state index is 14.0. The molecule has 11 N–H and O–H groups in total. The Morgan fingerprint density at radius 2 is 1.22 bits per heavy atom. The molecule has 3 fully saturated rings. The van der Waals surface area contributed by atoms with Gasteiger partial charge in [0, 0.05) is 38.1 Å². The van der Waals surface area contributed by atoms with Gasteiger partial charge in [0.25, 0.3) is 0 Å². The van der Waals surface area contributed by atoms with Crippen molar-refractivity contribution in [2.24, 2.45) is 5.92 Å². The summed E-state index contributed by atoms with van der Waals surface area (Å²) in [7, 11) is 1.31. The zero-order valence-electron chi connectivity index (χ0n) is 49.3. The highest BCUT2D eigenvalue weighted by Gasteiger charge is 2.57. The van der Waals surface area contributed by atoms with Crippen LogP contribution in [0.15, 0.2) is 11.8 Å². The third-order valence-corrected chi connectivity index (χ3v) is 12.8. The number of aliphatic hydroxyl groups excluding tert-OH is 3. The van der Waals surface area contributed by atoms with E-state index in [9.17, 15) is 54.3 Å². The summed E-state index contributed by atoms with van der Waals surface area (Å²) in [6.45, 7) is 25.8. The molecule has 4 aliphatic rings. The Labute approximate surface area is 464 Å². The van der Waals surface area contributed by atoms with Gasteiger partial charge in [-0.25, -0.2) is 24.0 Å². The number of nitrogens with one attached hydrogen (secondary N) is 6. The van der Waals surface area contributed by atoms with Crippen LogP contribution in [-0.4, -0.2) is 206 Å². The Morgan fingerprint density at radius 3 is 1.75 bits per heavy atom. The average molecular weight is 1130 g/mol. The van der Waals surface area contributed by atoms with Crippen molar-refractivity contribution in [2.45, 2.75) is 249 Å². The van der Waals surface area contributed by atoms with Gasteiger partial charge in [-0.15, -0.1) is 0 Å². The molecular formula is C53H93N7O19. The molecule has 0 bridgehead atoms. The maximum atomic E-state index is 14.0. The highest BCUT2D eigenvalue weighted by atomic mass is 16.7. The number of nitrogens with zero attached hydrogens (tertiary/aromatic N) is 1. The molecule has 26 heteroatoms. The zero-order valence-corrected chi connectivity index (χ0v) is 49.3. The molecule has 12 atom stereocenters. The number of rotatable bonds is 16. The number of alkyl carbamates (subject to hydrolysis) is 4. The summed E-state index contributed by atoms with van der Waals surface area (Å²) in [6.07, 6.45) is -12.6. The van der Waals surface area contributed by atoms with Crippen LogP contribution in [0.25, 0.3) is 0 Å². The lowest BCUT2D eigenvalue weighted by Crippen LogP contribution is -2.71. The summed E-state index contributed by atoms with van der Waals surface area (Å²) in [5, 5.41) is 76.0. The topological polar surface area (TPSA) is 353 Å². The van der Waals surface area contributed by atoms with Crippen LogP contribution in [0.3, 0.4) is 0 Å². The molecule has 454 valence electrons. The lowest BCUT2D eigenvalue weighted by atomic mass is 9.72. The molecule has 2 saturated carbocycles. The van der Waals surface area contributed by atoms with E-state index in [0.29, 0.717) is 5.76 Å². The molecule has 0 spiro atoms. The largest absolute Gasteiger partial charge is 0.491 e. The van der Waals surface area contributed by atoms with Crippen molar-refractivity contribution >= 4 is 36.4 Å². The molecule has 2 heterocycles. The van der Waals surface area contributed by atoms with E-state index in [1.165, 1.54) is 14.0 Å². The van der Waals surface area contributed by atoms with Crippen molar-refractivity contribution in [1.29, 1.82) is 0 Å². The molecule has 6 amide bonds. The Bertz CT molecular complexity index is 2140. The minimum absolute atomic E-state index is 0.0168. The van der Waals surface area contributed by atoms with Gasteiger partial charge in [0.1, 0.15) is 63.8 Å². The zero-order chi connectivity index (χ0) is 60.0. The Balaban J connectivity index is 1.75. The molecule has 2 aliphatic carbocycles. The summed E-state index contributed by atoms with van der Waals surface area (Å²) < 4.78 is 46.7. The summed E-state index contributed by atoms with van der Waals surface area (Å²) >= 11 is 0. The molecular weight excluding hydrogens is 1040 g/mol. The minimum Gasteiger partial charge on any atom is -0.491 e. The van der Waals surface area contributed by atoms with Gasteiger partial charge in [0.2, 0.25) is 5.91 Å². The van der Waals surface area contributed by atoms with Gasteiger partial charge < -0.3 is 100 Å². The van der Waals surface area contributed by atoms with Gasteiger partial charge in [-0.1, -0.05) is 0 Å². The van der Waals surface area contributed by atoms with Crippen LogP contribution in [-0.2, 0) is 42.7 Å².